The fourth-order valence-corrected chi connectivity index (χ4v) is 1.95. The van der Waals surface area contributed by atoms with Crippen LogP contribution in [0.25, 0.3) is 0 Å². The first-order valence-electron chi connectivity index (χ1n) is 6.31. The molecular weight excluding hydrogens is 276 g/mol. The van der Waals surface area contributed by atoms with Gasteiger partial charge in [0.15, 0.2) is 5.82 Å². The van der Waals surface area contributed by atoms with Gasteiger partial charge in [-0.25, -0.2) is 4.98 Å². The van der Waals surface area contributed by atoms with E-state index in [1.54, 1.807) is 0 Å². The van der Waals surface area contributed by atoms with Crippen molar-refractivity contribution in [1.82, 2.24) is 9.97 Å². The number of hydrogen-bond donors (Lipinski definition) is 2. The number of nitrogens with one attached hydrogen (secondary N) is 1. The van der Waals surface area contributed by atoms with Crippen LogP contribution in [0, 0.1) is 13.8 Å². The van der Waals surface area contributed by atoms with Crippen molar-refractivity contribution < 1.29 is 4.74 Å². The Morgan fingerprint density at radius 2 is 1.90 bits per heavy atom. The van der Waals surface area contributed by atoms with E-state index in [0.29, 0.717) is 23.1 Å². The maximum absolute atomic E-state index is 6.13. The summed E-state index contributed by atoms with van der Waals surface area (Å²) >= 11 is 6.13. The molecule has 2 rings (SSSR count). The summed E-state index contributed by atoms with van der Waals surface area (Å²) < 4.78 is 5.74. The Bertz CT molecular complexity index is 608. The van der Waals surface area contributed by atoms with Crippen LogP contribution in [-0.2, 0) is 0 Å². The molecule has 20 heavy (non-hydrogen) atoms. The number of nitrogens with zero attached hydrogens (tertiary/aromatic N) is 2. The van der Waals surface area contributed by atoms with Crippen LogP contribution in [0.4, 0.5) is 11.5 Å². The molecule has 5 nitrogen and oxygen atoms in total. The predicted octanol–water partition coefficient (Wildman–Crippen LogP) is 3.55. The van der Waals surface area contributed by atoms with Crippen LogP contribution < -0.4 is 15.8 Å². The number of nitrogens with two attached hydrogens (primary N) is 1. The van der Waals surface area contributed by atoms with Gasteiger partial charge in [0.05, 0.1) is 0 Å². The molecule has 106 valence electrons. The third-order valence-electron chi connectivity index (χ3n) is 2.82. The van der Waals surface area contributed by atoms with E-state index < -0.39 is 0 Å². The van der Waals surface area contributed by atoms with Crippen molar-refractivity contribution >= 4 is 23.1 Å². The quantitative estimate of drug-likeness (QED) is 0.901. The van der Waals surface area contributed by atoms with Crippen molar-refractivity contribution in [3.8, 4) is 11.6 Å². The molecule has 0 aliphatic heterocycles. The lowest BCUT2D eigenvalue weighted by atomic mass is 10.1. The largest absolute Gasteiger partial charge is 0.437 e. The van der Waals surface area contributed by atoms with Crippen molar-refractivity contribution in [2.75, 3.05) is 17.6 Å². The summed E-state index contributed by atoms with van der Waals surface area (Å²) in [6.45, 7) is 6.54. The highest BCUT2D eigenvalue weighted by molar-refractivity contribution is 6.32. The third kappa shape index (κ3) is 2.93. The third-order valence-corrected chi connectivity index (χ3v) is 3.41. The van der Waals surface area contributed by atoms with Crippen LogP contribution in [0.5, 0.6) is 11.6 Å². The first-order valence-corrected chi connectivity index (χ1v) is 6.69. The summed E-state index contributed by atoms with van der Waals surface area (Å²) in [5.74, 6) is 1.55. The molecule has 0 amide bonds. The van der Waals surface area contributed by atoms with Crippen LogP contribution in [0.15, 0.2) is 18.5 Å². The minimum absolute atomic E-state index is 0.331. The topological polar surface area (TPSA) is 73.1 Å². The molecule has 1 aromatic carbocycles. The molecule has 3 N–H and O–H groups in total. The number of aromatic nitrogens is 2. The van der Waals surface area contributed by atoms with Gasteiger partial charge in [0.1, 0.15) is 17.8 Å². The molecule has 0 aliphatic rings. The predicted molar refractivity (Wildman–Crippen MR) is 81.6 cm³/mol. The zero-order chi connectivity index (χ0) is 14.7. The summed E-state index contributed by atoms with van der Waals surface area (Å²) in [6.07, 6.45) is 1.42. The number of halogens is 1. The van der Waals surface area contributed by atoms with Gasteiger partial charge in [-0.05, 0) is 44.0 Å². The van der Waals surface area contributed by atoms with Gasteiger partial charge in [0.2, 0.25) is 5.88 Å². The Labute approximate surface area is 123 Å². The van der Waals surface area contributed by atoms with Crippen LogP contribution in [0.3, 0.4) is 0 Å². The number of ether oxygens (including phenoxy) is 1. The average Bonchev–Trinajstić information content (AvgIpc) is 2.41. The number of benzene rings is 1. The molecule has 0 aliphatic carbocycles. The first kappa shape index (κ1) is 14.4. The molecule has 0 bridgehead atoms. The van der Waals surface area contributed by atoms with Gasteiger partial charge in [0.25, 0.3) is 0 Å². The highest BCUT2D eigenvalue weighted by Gasteiger charge is 2.11. The van der Waals surface area contributed by atoms with Gasteiger partial charge in [-0.3, -0.25) is 0 Å². The monoisotopic (exact) mass is 292 g/mol. The highest BCUT2D eigenvalue weighted by atomic mass is 35.5. The Hall–Kier alpha value is -2.01. The Kier molecular flexibility index (Phi) is 4.29. The molecule has 2 aromatic rings. The van der Waals surface area contributed by atoms with E-state index in [4.69, 9.17) is 22.1 Å². The number of nitrogen functional groups attached to an aromatic ring is 1. The zero-order valence-electron chi connectivity index (χ0n) is 11.7. The second kappa shape index (κ2) is 5.96. The first-order chi connectivity index (χ1) is 9.52. The van der Waals surface area contributed by atoms with Crippen LogP contribution in [0.1, 0.15) is 18.1 Å². The Morgan fingerprint density at radius 3 is 2.50 bits per heavy atom. The summed E-state index contributed by atoms with van der Waals surface area (Å²) in [5.41, 5.74) is 8.26. The fourth-order valence-electron chi connectivity index (χ4n) is 1.85. The van der Waals surface area contributed by atoms with Crippen molar-refractivity contribution in [2.45, 2.75) is 20.8 Å². The van der Waals surface area contributed by atoms with E-state index in [2.05, 4.69) is 15.3 Å². The second-order valence-electron chi connectivity index (χ2n) is 4.44. The molecule has 0 fully saturated rings. The molecule has 0 radical (unpaired) electrons. The van der Waals surface area contributed by atoms with E-state index in [0.717, 1.165) is 22.7 Å². The van der Waals surface area contributed by atoms with Crippen LogP contribution in [0.2, 0.25) is 5.02 Å². The molecule has 1 aromatic heterocycles. The van der Waals surface area contributed by atoms with Crippen molar-refractivity contribution in [2.24, 2.45) is 0 Å². The summed E-state index contributed by atoms with van der Waals surface area (Å²) in [6, 6.07) is 3.70. The van der Waals surface area contributed by atoms with E-state index in [-0.39, 0.29) is 0 Å². The standard InChI is InChI=1S/C14H17ClN4O/c1-4-17-13-12(16)14(19-7-18-13)20-10-5-8(2)11(15)9(3)6-10/h5-7H,4,16H2,1-3H3,(H,17,18,19). The lowest BCUT2D eigenvalue weighted by Crippen LogP contribution is -2.06. The highest BCUT2D eigenvalue weighted by Crippen LogP contribution is 2.32. The molecule has 0 atom stereocenters. The van der Waals surface area contributed by atoms with Crippen molar-refractivity contribution in [3.05, 3.63) is 34.6 Å². The van der Waals surface area contributed by atoms with Gasteiger partial charge in [-0.15, -0.1) is 0 Å². The lowest BCUT2D eigenvalue weighted by molar-refractivity contribution is 0.464. The molecule has 6 heteroatoms. The molecule has 0 saturated carbocycles. The second-order valence-corrected chi connectivity index (χ2v) is 4.82. The van der Waals surface area contributed by atoms with Crippen LogP contribution >= 0.6 is 11.6 Å². The molecular formula is C14H17ClN4O. The van der Waals surface area contributed by atoms with Gasteiger partial charge < -0.3 is 15.8 Å². The van der Waals surface area contributed by atoms with E-state index in [9.17, 15) is 0 Å². The van der Waals surface area contributed by atoms with Gasteiger partial charge in [-0.2, -0.15) is 4.98 Å². The number of aryl methyl sites for hydroxylation is 2. The van der Waals surface area contributed by atoms with E-state index in [1.807, 2.05) is 32.9 Å². The van der Waals surface area contributed by atoms with Gasteiger partial charge in [-0.1, -0.05) is 11.6 Å². The normalized spacial score (nSPS) is 10.4. The Morgan fingerprint density at radius 1 is 1.25 bits per heavy atom. The molecule has 0 spiro atoms. The maximum atomic E-state index is 6.13. The summed E-state index contributed by atoms with van der Waals surface area (Å²) in [4.78, 5) is 8.14. The lowest BCUT2D eigenvalue weighted by Gasteiger charge is -2.12. The number of rotatable bonds is 4. The van der Waals surface area contributed by atoms with Gasteiger partial charge in [0, 0.05) is 11.6 Å². The SMILES string of the molecule is CCNc1ncnc(Oc2cc(C)c(Cl)c(C)c2)c1N. The minimum atomic E-state index is 0.331. The zero-order valence-corrected chi connectivity index (χ0v) is 12.5. The average molecular weight is 293 g/mol. The van der Waals surface area contributed by atoms with Crippen LogP contribution in [-0.4, -0.2) is 16.5 Å². The smallest absolute Gasteiger partial charge is 0.248 e. The van der Waals surface area contributed by atoms with Crippen molar-refractivity contribution in [3.63, 3.8) is 0 Å². The fraction of sp³-hybridized carbons (Fsp3) is 0.286. The minimum Gasteiger partial charge on any atom is -0.437 e. The van der Waals surface area contributed by atoms with E-state index in [1.165, 1.54) is 6.33 Å². The van der Waals surface area contributed by atoms with Gasteiger partial charge >= 0.3 is 0 Å². The summed E-state index contributed by atoms with van der Waals surface area (Å²) in [5, 5.41) is 3.79. The van der Waals surface area contributed by atoms with E-state index >= 15 is 0 Å². The molecule has 0 unspecified atom stereocenters. The molecule has 0 saturated heterocycles. The molecule has 1 heterocycles. The van der Waals surface area contributed by atoms with Crippen molar-refractivity contribution in [1.29, 1.82) is 0 Å². The number of anilines is 2. The number of hydrogen-bond acceptors (Lipinski definition) is 5. The Balaban J connectivity index is 2.33. The maximum Gasteiger partial charge on any atom is 0.248 e. The summed E-state index contributed by atoms with van der Waals surface area (Å²) in [7, 11) is 0.